The summed E-state index contributed by atoms with van der Waals surface area (Å²) < 4.78 is 6.17. The van der Waals surface area contributed by atoms with Crippen molar-refractivity contribution in [3.05, 3.63) is 11.6 Å². The lowest BCUT2D eigenvalue weighted by atomic mass is 9.75. The molecule has 0 aromatic heterocycles. The molecule has 1 saturated heterocycles. The second kappa shape index (κ2) is 3.96. The highest BCUT2D eigenvalue weighted by atomic mass is 28.3. The van der Waals surface area contributed by atoms with Gasteiger partial charge in [0.1, 0.15) is 19.3 Å². The maximum absolute atomic E-state index is 10.1. The summed E-state index contributed by atoms with van der Waals surface area (Å²) >= 11 is 0. The Hall–Kier alpha value is -0.563. The molecule has 100 valence electrons. The molecular weight excluding hydrogens is 240 g/mol. The minimum atomic E-state index is -1.38. The van der Waals surface area contributed by atoms with Crippen molar-refractivity contribution in [2.24, 2.45) is 5.92 Å². The predicted molar refractivity (Wildman–Crippen MR) is 76.9 cm³/mol. The number of hydrogen-bond acceptors (Lipinski definition) is 2. The maximum atomic E-state index is 10.1. The van der Waals surface area contributed by atoms with Crippen molar-refractivity contribution >= 4 is 8.07 Å². The SMILES string of the molecule is CC(C)[C@]12C[C@@H](O)[C@](C)(C=C1C#C[Si](C)(C)C)O2. The molecule has 0 unspecified atom stereocenters. The first-order chi connectivity index (χ1) is 8.09. The molecule has 2 heterocycles. The lowest BCUT2D eigenvalue weighted by Crippen LogP contribution is -2.36. The van der Waals surface area contributed by atoms with Crippen molar-refractivity contribution in [3.63, 3.8) is 0 Å². The molecule has 0 aromatic carbocycles. The summed E-state index contributed by atoms with van der Waals surface area (Å²) in [5, 5.41) is 10.1. The Morgan fingerprint density at radius 2 is 2.06 bits per heavy atom. The molecule has 2 bridgehead atoms. The van der Waals surface area contributed by atoms with E-state index in [0.717, 1.165) is 5.57 Å². The third kappa shape index (κ3) is 2.07. The molecule has 0 radical (unpaired) electrons. The van der Waals surface area contributed by atoms with Crippen LogP contribution in [0.15, 0.2) is 11.6 Å². The van der Waals surface area contributed by atoms with Crippen molar-refractivity contribution in [1.82, 2.24) is 0 Å². The fourth-order valence-electron chi connectivity index (χ4n) is 2.75. The lowest BCUT2D eigenvalue weighted by molar-refractivity contribution is -0.0674. The predicted octanol–water partition coefficient (Wildman–Crippen LogP) is 2.74. The lowest BCUT2D eigenvalue weighted by Gasteiger charge is -2.30. The highest BCUT2D eigenvalue weighted by Gasteiger charge is 2.60. The molecule has 0 spiro atoms. The Balaban J connectivity index is 2.41. The van der Waals surface area contributed by atoms with E-state index in [0.29, 0.717) is 12.3 Å². The molecular formula is C15H24O2Si. The zero-order valence-corrected chi connectivity index (χ0v) is 13.3. The van der Waals surface area contributed by atoms with Crippen molar-refractivity contribution in [2.45, 2.75) is 64.1 Å². The smallest absolute Gasteiger partial charge is 0.129 e. The van der Waals surface area contributed by atoms with Crippen LogP contribution in [0.3, 0.4) is 0 Å². The second-order valence-corrected chi connectivity index (χ2v) is 11.9. The summed E-state index contributed by atoms with van der Waals surface area (Å²) in [6.45, 7) is 13.0. The van der Waals surface area contributed by atoms with Gasteiger partial charge in [-0.3, -0.25) is 0 Å². The average molecular weight is 264 g/mol. The van der Waals surface area contributed by atoms with Gasteiger partial charge in [0, 0.05) is 12.0 Å². The Labute approximate surface area is 111 Å². The van der Waals surface area contributed by atoms with Gasteiger partial charge in [0.2, 0.25) is 0 Å². The number of rotatable bonds is 1. The van der Waals surface area contributed by atoms with Crippen LogP contribution >= 0.6 is 0 Å². The van der Waals surface area contributed by atoms with Gasteiger partial charge in [-0.2, -0.15) is 0 Å². The molecule has 2 nitrogen and oxygen atoms in total. The summed E-state index contributed by atoms with van der Waals surface area (Å²) in [5.41, 5.74) is 3.62. The largest absolute Gasteiger partial charge is 0.390 e. The Morgan fingerprint density at radius 1 is 1.44 bits per heavy atom. The molecule has 0 amide bonds. The van der Waals surface area contributed by atoms with Gasteiger partial charge in [0.15, 0.2) is 0 Å². The summed E-state index contributed by atoms with van der Waals surface area (Å²) in [6.07, 6.45) is 2.32. The van der Waals surface area contributed by atoms with Crippen molar-refractivity contribution in [3.8, 4) is 11.5 Å². The Morgan fingerprint density at radius 3 is 2.50 bits per heavy atom. The van der Waals surface area contributed by atoms with Crippen LogP contribution < -0.4 is 0 Å². The van der Waals surface area contributed by atoms with E-state index in [1.165, 1.54) is 0 Å². The van der Waals surface area contributed by atoms with Crippen LogP contribution in [-0.2, 0) is 4.74 Å². The van der Waals surface area contributed by atoms with Crippen LogP contribution in [0.1, 0.15) is 27.2 Å². The number of aliphatic hydroxyl groups excluding tert-OH is 1. The zero-order valence-electron chi connectivity index (χ0n) is 12.3. The van der Waals surface area contributed by atoms with E-state index in [1.54, 1.807) is 0 Å². The first kappa shape index (κ1) is 13.9. The molecule has 0 aliphatic carbocycles. The third-order valence-electron chi connectivity index (χ3n) is 3.95. The minimum absolute atomic E-state index is 0.332. The van der Waals surface area contributed by atoms with Gasteiger partial charge < -0.3 is 9.84 Å². The van der Waals surface area contributed by atoms with E-state index in [1.807, 2.05) is 13.0 Å². The topological polar surface area (TPSA) is 29.5 Å². The number of fused-ring (bicyclic) bond motifs is 2. The standard InChI is InChI=1S/C15H24O2Si/c1-11(2)15-10-13(16)14(3,17-15)9-12(15)7-8-18(4,5)6/h9,11,13,16H,10H2,1-6H3/t13-,14+,15-/m1/s1. The summed E-state index contributed by atoms with van der Waals surface area (Å²) in [6, 6.07) is 0. The van der Waals surface area contributed by atoms with Gasteiger partial charge in [-0.1, -0.05) is 39.4 Å². The molecule has 3 heteroatoms. The van der Waals surface area contributed by atoms with E-state index in [2.05, 4.69) is 45.0 Å². The van der Waals surface area contributed by atoms with Gasteiger partial charge in [-0.15, -0.1) is 5.54 Å². The monoisotopic (exact) mass is 264 g/mol. The first-order valence-corrected chi connectivity index (χ1v) is 10.2. The maximum Gasteiger partial charge on any atom is 0.129 e. The van der Waals surface area contributed by atoms with Crippen LogP contribution in [0, 0.1) is 17.4 Å². The van der Waals surface area contributed by atoms with E-state index in [9.17, 15) is 5.11 Å². The third-order valence-corrected chi connectivity index (χ3v) is 4.83. The molecule has 2 aliphatic rings. The van der Waals surface area contributed by atoms with Crippen molar-refractivity contribution in [2.75, 3.05) is 0 Å². The number of ether oxygens (including phenoxy) is 1. The van der Waals surface area contributed by atoms with E-state index in [4.69, 9.17) is 4.74 Å². The molecule has 0 saturated carbocycles. The van der Waals surface area contributed by atoms with Crippen LogP contribution in [0.5, 0.6) is 0 Å². The molecule has 0 aromatic rings. The summed E-state index contributed by atoms with van der Waals surface area (Å²) in [4.78, 5) is 0. The van der Waals surface area contributed by atoms with Crippen LogP contribution in [-0.4, -0.2) is 30.5 Å². The highest BCUT2D eigenvalue weighted by molar-refractivity contribution is 6.83. The summed E-state index contributed by atoms with van der Waals surface area (Å²) in [5.74, 6) is 3.69. The fraction of sp³-hybridized carbons (Fsp3) is 0.733. The number of hydrogen-bond donors (Lipinski definition) is 1. The molecule has 3 atom stereocenters. The van der Waals surface area contributed by atoms with Gasteiger partial charge in [0.25, 0.3) is 0 Å². The van der Waals surface area contributed by atoms with E-state index < -0.39 is 19.8 Å². The average Bonchev–Trinajstić information content (AvgIpc) is 2.62. The highest BCUT2D eigenvalue weighted by Crippen LogP contribution is 2.53. The normalized spacial score (nSPS) is 38.7. The van der Waals surface area contributed by atoms with Crippen LogP contribution in [0.25, 0.3) is 0 Å². The molecule has 2 rings (SSSR count). The molecule has 2 aliphatic heterocycles. The molecule has 18 heavy (non-hydrogen) atoms. The number of aliphatic hydroxyl groups is 1. The second-order valence-electron chi connectivity index (χ2n) is 7.11. The van der Waals surface area contributed by atoms with E-state index in [-0.39, 0.29) is 5.60 Å². The van der Waals surface area contributed by atoms with Gasteiger partial charge >= 0.3 is 0 Å². The van der Waals surface area contributed by atoms with Gasteiger partial charge in [0.05, 0.1) is 6.10 Å². The zero-order chi connectivity index (χ0) is 13.8. The van der Waals surface area contributed by atoms with Gasteiger partial charge in [-0.25, -0.2) is 0 Å². The molecule has 1 N–H and O–H groups in total. The van der Waals surface area contributed by atoms with Crippen molar-refractivity contribution in [1.29, 1.82) is 0 Å². The Bertz CT molecular complexity index is 449. The molecule has 1 fully saturated rings. The first-order valence-electron chi connectivity index (χ1n) is 6.74. The quantitative estimate of drug-likeness (QED) is 0.583. The van der Waals surface area contributed by atoms with Crippen LogP contribution in [0.2, 0.25) is 19.6 Å². The Kier molecular flexibility index (Phi) is 3.05. The van der Waals surface area contributed by atoms with Gasteiger partial charge in [-0.05, 0) is 18.9 Å². The van der Waals surface area contributed by atoms with Crippen LogP contribution in [0.4, 0.5) is 0 Å². The van der Waals surface area contributed by atoms with E-state index >= 15 is 0 Å². The minimum Gasteiger partial charge on any atom is -0.390 e. The summed E-state index contributed by atoms with van der Waals surface area (Å²) in [7, 11) is -1.38. The van der Waals surface area contributed by atoms with Crippen molar-refractivity contribution < 1.29 is 9.84 Å². The fourth-order valence-corrected chi connectivity index (χ4v) is 3.26.